The maximum Gasteiger partial charge on any atom is 0.225 e. The van der Waals surface area contributed by atoms with Gasteiger partial charge in [0.05, 0.1) is 17.3 Å². The second-order valence-corrected chi connectivity index (χ2v) is 9.46. The number of nitrogen functional groups attached to an aromatic ring is 2. The minimum atomic E-state index is -0.499. The molecule has 8 heteroatoms. The van der Waals surface area contributed by atoms with E-state index >= 15 is 0 Å². The predicted molar refractivity (Wildman–Crippen MR) is 125 cm³/mol. The molecule has 172 valence electrons. The Hall–Kier alpha value is -2.90. The van der Waals surface area contributed by atoms with Gasteiger partial charge in [0.1, 0.15) is 11.6 Å². The van der Waals surface area contributed by atoms with E-state index in [1.165, 1.54) is 25.0 Å². The second kappa shape index (κ2) is 9.30. The summed E-state index contributed by atoms with van der Waals surface area (Å²) in [5.41, 5.74) is 12.8. The van der Waals surface area contributed by atoms with Gasteiger partial charge in [0.2, 0.25) is 11.9 Å². The molecule has 0 spiro atoms. The van der Waals surface area contributed by atoms with Crippen LogP contribution < -0.4 is 21.7 Å². The summed E-state index contributed by atoms with van der Waals surface area (Å²) in [4.78, 5) is 23.9. The van der Waals surface area contributed by atoms with Crippen LogP contribution in [0.1, 0.15) is 52.4 Å². The Morgan fingerprint density at radius 2 is 1.94 bits per heavy atom. The van der Waals surface area contributed by atoms with Gasteiger partial charge in [-0.15, -0.1) is 0 Å². The Kier molecular flexibility index (Phi) is 6.48. The third-order valence-corrected chi connectivity index (χ3v) is 6.86. The average molecular weight is 441 g/mol. The molecule has 1 aromatic heterocycles. The van der Waals surface area contributed by atoms with E-state index in [1.54, 1.807) is 12.1 Å². The highest BCUT2D eigenvalue weighted by atomic mass is 19.1. The van der Waals surface area contributed by atoms with Crippen LogP contribution in [0.15, 0.2) is 24.3 Å². The Labute approximate surface area is 188 Å². The van der Waals surface area contributed by atoms with Crippen LogP contribution in [-0.4, -0.2) is 34.5 Å². The molecular weight excluding hydrogens is 407 g/mol. The fraction of sp³-hybridized carbons (Fsp3) is 0.542. The Balaban J connectivity index is 1.52. The van der Waals surface area contributed by atoms with Crippen LogP contribution in [0.5, 0.6) is 0 Å². The quantitative estimate of drug-likeness (QED) is 0.625. The largest absolute Gasteiger partial charge is 0.396 e. The molecule has 1 aliphatic heterocycles. The smallest absolute Gasteiger partial charge is 0.225 e. The number of rotatable bonds is 4. The number of halogens is 1. The van der Waals surface area contributed by atoms with Gasteiger partial charge >= 0.3 is 0 Å². The number of nitrogens with two attached hydrogens (primary N) is 2. The molecule has 1 aliphatic carbocycles. The minimum absolute atomic E-state index is 0.0851. The summed E-state index contributed by atoms with van der Waals surface area (Å²) in [6, 6.07) is 6.87. The predicted octanol–water partition coefficient (Wildman–Crippen LogP) is 3.75. The highest BCUT2D eigenvalue weighted by Crippen LogP contribution is 2.31. The van der Waals surface area contributed by atoms with Crippen LogP contribution in [0.4, 0.5) is 21.8 Å². The van der Waals surface area contributed by atoms with Crippen molar-refractivity contribution in [1.82, 2.24) is 15.3 Å². The lowest BCUT2D eigenvalue weighted by atomic mass is 9.86. The first kappa shape index (κ1) is 22.3. The van der Waals surface area contributed by atoms with Crippen molar-refractivity contribution in [3.63, 3.8) is 0 Å². The van der Waals surface area contributed by atoms with Gasteiger partial charge in [0.25, 0.3) is 0 Å². The summed E-state index contributed by atoms with van der Waals surface area (Å²) >= 11 is 0. The Bertz CT molecular complexity index is 983. The molecule has 2 aliphatic rings. The maximum atomic E-state index is 14.0. The van der Waals surface area contributed by atoms with Crippen molar-refractivity contribution < 1.29 is 9.18 Å². The van der Waals surface area contributed by atoms with Gasteiger partial charge in [-0.3, -0.25) is 4.79 Å². The van der Waals surface area contributed by atoms with Crippen LogP contribution in [0.2, 0.25) is 0 Å². The van der Waals surface area contributed by atoms with Crippen LogP contribution in [0, 0.1) is 17.7 Å². The number of nitrogens with zero attached hydrogens (tertiary/aromatic N) is 3. The maximum absolute atomic E-state index is 14.0. The van der Waals surface area contributed by atoms with E-state index in [0.717, 1.165) is 25.7 Å². The molecule has 0 radical (unpaired) electrons. The molecule has 2 unspecified atom stereocenters. The monoisotopic (exact) mass is 440 g/mol. The SMILES string of the molecule is CC1CCCC(NC(=O)[C@H]2CC[C@@H](C)N(c3cc(-c4ccc(N)c(F)c4)nc(N)n3)C2)C1. The second-order valence-electron chi connectivity index (χ2n) is 9.46. The fourth-order valence-corrected chi connectivity index (χ4v) is 4.96. The van der Waals surface area contributed by atoms with Crippen LogP contribution >= 0.6 is 0 Å². The number of amides is 1. The molecule has 4 rings (SSSR count). The Morgan fingerprint density at radius 3 is 2.69 bits per heavy atom. The molecule has 7 nitrogen and oxygen atoms in total. The molecule has 2 heterocycles. The number of carbonyl (C=O) groups is 1. The van der Waals surface area contributed by atoms with E-state index in [1.807, 2.05) is 0 Å². The van der Waals surface area contributed by atoms with Crippen LogP contribution in [-0.2, 0) is 4.79 Å². The van der Waals surface area contributed by atoms with Crippen molar-refractivity contribution in [3.05, 3.63) is 30.1 Å². The molecule has 1 saturated carbocycles. The number of piperidine rings is 1. The molecule has 0 bridgehead atoms. The number of aromatic nitrogens is 2. The standard InChI is InChI=1S/C24H33FN6O/c1-14-4-3-5-18(10-14)28-23(32)17-7-6-15(2)31(13-17)22-12-21(29-24(27)30-22)16-8-9-20(26)19(25)11-16/h8-9,11-12,14-15,17-18H,3-7,10,13,26H2,1-2H3,(H,28,32)(H2,27,29,30)/t14?,15-,17+,18?/m1/s1. The zero-order valence-electron chi connectivity index (χ0n) is 18.9. The van der Waals surface area contributed by atoms with E-state index in [0.29, 0.717) is 29.5 Å². The number of anilines is 3. The molecule has 1 amide bonds. The topological polar surface area (TPSA) is 110 Å². The van der Waals surface area contributed by atoms with E-state index in [4.69, 9.17) is 11.5 Å². The van der Waals surface area contributed by atoms with Crippen molar-refractivity contribution in [1.29, 1.82) is 0 Å². The summed E-state index contributed by atoms with van der Waals surface area (Å²) in [6.07, 6.45) is 6.28. The molecule has 1 saturated heterocycles. The van der Waals surface area contributed by atoms with Crippen molar-refractivity contribution >= 4 is 23.4 Å². The summed E-state index contributed by atoms with van der Waals surface area (Å²) < 4.78 is 14.0. The molecule has 5 N–H and O–H groups in total. The van der Waals surface area contributed by atoms with Crippen LogP contribution in [0.25, 0.3) is 11.3 Å². The third kappa shape index (κ3) is 4.95. The fourth-order valence-electron chi connectivity index (χ4n) is 4.96. The van der Waals surface area contributed by atoms with E-state index in [-0.39, 0.29) is 35.5 Å². The van der Waals surface area contributed by atoms with Crippen molar-refractivity contribution in [2.24, 2.45) is 11.8 Å². The summed E-state index contributed by atoms with van der Waals surface area (Å²) in [7, 11) is 0. The van der Waals surface area contributed by atoms with Gasteiger partial charge in [-0.1, -0.05) is 25.8 Å². The van der Waals surface area contributed by atoms with E-state index in [9.17, 15) is 9.18 Å². The lowest BCUT2D eigenvalue weighted by Gasteiger charge is -2.39. The third-order valence-electron chi connectivity index (χ3n) is 6.86. The molecule has 2 fully saturated rings. The van der Waals surface area contributed by atoms with Crippen molar-refractivity contribution in [2.75, 3.05) is 22.9 Å². The molecule has 32 heavy (non-hydrogen) atoms. The first-order valence-corrected chi connectivity index (χ1v) is 11.6. The number of hydrogen-bond donors (Lipinski definition) is 3. The van der Waals surface area contributed by atoms with Gasteiger partial charge in [0.15, 0.2) is 0 Å². The number of benzene rings is 1. The van der Waals surface area contributed by atoms with E-state index < -0.39 is 5.82 Å². The normalized spacial score (nSPS) is 26.0. The number of nitrogens with one attached hydrogen (secondary N) is 1. The van der Waals surface area contributed by atoms with Gasteiger partial charge in [-0.2, -0.15) is 4.98 Å². The molecule has 1 aromatic carbocycles. The average Bonchev–Trinajstić information content (AvgIpc) is 2.75. The number of carbonyl (C=O) groups excluding carboxylic acids is 1. The summed E-state index contributed by atoms with van der Waals surface area (Å²) in [6.45, 7) is 4.95. The summed E-state index contributed by atoms with van der Waals surface area (Å²) in [5.74, 6) is 0.963. The highest BCUT2D eigenvalue weighted by molar-refractivity contribution is 5.80. The first-order chi connectivity index (χ1) is 15.3. The minimum Gasteiger partial charge on any atom is -0.396 e. The molecule has 4 atom stereocenters. The van der Waals surface area contributed by atoms with Crippen molar-refractivity contribution in [2.45, 2.75) is 64.5 Å². The summed E-state index contributed by atoms with van der Waals surface area (Å²) in [5, 5.41) is 3.29. The van der Waals surface area contributed by atoms with Gasteiger partial charge in [-0.05, 0) is 50.7 Å². The number of hydrogen-bond acceptors (Lipinski definition) is 6. The van der Waals surface area contributed by atoms with Crippen molar-refractivity contribution in [3.8, 4) is 11.3 Å². The zero-order chi connectivity index (χ0) is 22.8. The van der Waals surface area contributed by atoms with Gasteiger partial charge in [0, 0.05) is 30.3 Å². The first-order valence-electron chi connectivity index (χ1n) is 11.6. The zero-order valence-corrected chi connectivity index (χ0v) is 18.9. The molecule has 2 aromatic rings. The lowest BCUT2D eigenvalue weighted by molar-refractivity contribution is -0.126. The van der Waals surface area contributed by atoms with Gasteiger partial charge < -0.3 is 21.7 Å². The Morgan fingerprint density at radius 1 is 1.12 bits per heavy atom. The van der Waals surface area contributed by atoms with Crippen LogP contribution in [0.3, 0.4) is 0 Å². The lowest BCUT2D eigenvalue weighted by Crippen LogP contribution is -2.49. The van der Waals surface area contributed by atoms with E-state index in [2.05, 4.69) is 34.0 Å². The van der Waals surface area contributed by atoms with Gasteiger partial charge in [-0.25, -0.2) is 9.37 Å². The highest BCUT2D eigenvalue weighted by Gasteiger charge is 2.32. The molecular formula is C24H33FN6O.